The van der Waals surface area contributed by atoms with E-state index in [1.54, 1.807) is 30.3 Å². The van der Waals surface area contributed by atoms with Crippen molar-refractivity contribution in [3.05, 3.63) is 53.1 Å². The number of aliphatic carboxylic acids is 2. The summed E-state index contributed by atoms with van der Waals surface area (Å²) in [5.74, 6) is -1.76. The molecule has 3 rings (SSSR count). The third-order valence-electron chi connectivity index (χ3n) is 4.68. The highest BCUT2D eigenvalue weighted by Crippen LogP contribution is 2.52. The fourth-order valence-electron chi connectivity index (χ4n) is 3.39. The molecule has 0 aromatic heterocycles. The second-order valence-electron chi connectivity index (χ2n) is 6.24. The molecule has 29 heavy (non-hydrogen) atoms. The molecule has 0 spiro atoms. The molecule has 0 saturated heterocycles. The molecule has 0 saturated carbocycles. The number of benzene rings is 2. The third kappa shape index (κ3) is 3.69. The Morgan fingerprint density at radius 1 is 0.966 bits per heavy atom. The summed E-state index contributed by atoms with van der Waals surface area (Å²) in [5, 5.41) is 18.9. The van der Waals surface area contributed by atoms with Gasteiger partial charge in [-0.1, -0.05) is 12.1 Å². The maximum absolute atomic E-state index is 12.2. The van der Waals surface area contributed by atoms with Crippen molar-refractivity contribution in [2.45, 2.75) is 12.0 Å². The Hall–Kier alpha value is -3.68. The number of carboxylic acids is 2. The lowest BCUT2D eigenvalue weighted by Crippen LogP contribution is -2.19. The first-order valence-corrected chi connectivity index (χ1v) is 8.64. The van der Waals surface area contributed by atoms with Crippen LogP contribution in [0.4, 0.5) is 0 Å². The van der Waals surface area contributed by atoms with Crippen molar-refractivity contribution in [1.82, 2.24) is 0 Å². The molecule has 1 heterocycles. The first-order valence-electron chi connectivity index (χ1n) is 8.64. The lowest BCUT2D eigenvalue weighted by molar-refractivity contribution is -0.140. The van der Waals surface area contributed by atoms with E-state index in [2.05, 4.69) is 0 Å². The van der Waals surface area contributed by atoms with E-state index in [9.17, 15) is 14.7 Å². The van der Waals surface area contributed by atoms with Gasteiger partial charge in [0.05, 0.1) is 21.3 Å². The maximum atomic E-state index is 12.2. The van der Waals surface area contributed by atoms with E-state index >= 15 is 0 Å². The predicted molar refractivity (Wildman–Crippen MR) is 103 cm³/mol. The van der Waals surface area contributed by atoms with E-state index in [4.69, 9.17) is 24.1 Å². The van der Waals surface area contributed by atoms with Gasteiger partial charge in [0.2, 0.25) is 0 Å². The second-order valence-corrected chi connectivity index (χ2v) is 6.24. The van der Waals surface area contributed by atoms with Gasteiger partial charge in [-0.25, -0.2) is 4.79 Å². The summed E-state index contributed by atoms with van der Waals surface area (Å²) in [7, 11) is 4.44. The van der Waals surface area contributed by atoms with Crippen LogP contribution in [0, 0.1) is 0 Å². The number of hydrogen-bond donors (Lipinski definition) is 2. The first kappa shape index (κ1) is 20.1. The number of ether oxygens (including phenoxy) is 4. The van der Waals surface area contributed by atoms with Crippen LogP contribution in [0.15, 0.2) is 36.4 Å². The van der Waals surface area contributed by atoms with Crippen molar-refractivity contribution in [2.75, 3.05) is 21.3 Å². The monoisotopic (exact) mass is 400 g/mol. The standard InChI is InChI=1S/C21H20O8/c1-26-13-7-5-12(10-15(13)28-3)19-18(21(24)25)17-11(6-9-16(22)23)4-8-14(27-2)20(17)29-19/h4-10,18-19H,1-3H3,(H,22,23)(H,24,25)/b9-6+. The van der Waals surface area contributed by atoms with Gasteiger partial charge >= 0.3 is 11.9 Å². The molecule has 0 aliphatic carbocycles. The summed E-state index contributed by atoms with van der Waals surface area (Å²) < 4.78 is 21.9. The van der Waals surface area contributed by atoms with E-state index in [-0.39, 0.29) is 5.75 Å². The van der Waals surface area contributed by atoms with Crippen LogP contribution in [0.25, 0.3) is 6.08 Å². The summed E-state index contributed by atoms with van der Waals surface area (Å²) in [6.07, 6.45) is 1.43. The van der Waals surface area contributed by atoms with Gasteiger partial charge in [-0.3, -0.25) is 4.79 Å². The minimum atomic E-state index is -1.14. The number of carboxylic acid groups (broad SMARTS) is 2. The number of hydrogen-bond acceptors (Lipinski definition) is 6. The molecule has 2 N–H and O–H groups in total. The van der Waals surface area contributed by atoms with Crippen molar-refractivity contribution < 1.29 is 38.7 Å². The Labute approximate surface area is 166 Å². The molecule has 2 aromatic rings. The Kier molecular flexibility index (Phi) is 5.63. The SMILES string of the molecule is COc1ccc(C2Oc3c(OC)ccc(/C=C/C(=O)O)c3C2C(=O)O)cc1OC. The van der Waals surface area contributed by atoms with Gasteiger partial charge in [0.1, 0.15) is 12.0 Å². The van der Waals surface area contributed by atoms with E-state index in [1.165, 1.54) is 27.4 Å². The van der Waals surface area contributed by atoms with Crippen LogP contribution >= 0.6 is 0 Å². The van der Waals surface area contributed by atoms with Crippen molar-refractivity contribution in [2.24, 2.45) is 0 Å². The van der Waals surface area contributed by atoms with E-state index in [1.807, 2.05) is 0 Å². The molecule has 8 heteroatoms. The van der Waals surface area contributed by atoms with Crippen molar-refractivity contribution >= 4 is 18.0 Å². The lowest BCUT2D eigenvalue weighted by atomic mass is 9.88. The van der Waals surface area contributed by atoms with Crippen molar-refractivity contribution in [3.63, 3.8) is 0 Å². The van der Waals surface area contributed by atoms with E-state index in [0.717, 1.165) is 6.08 Å². The van der Waals surface area contributed by atoms with Crippen LogP contribution in [0.2, 0.25) is 0 Å². The third-order valence-corrected chi connectivity index (χ3v) is 4.68. The van der Waals surface area contributed by atoms with Gasteiger partial charge in [-0.2, -0.15) is 0 Å². The lowest BCUT2D eigenvalue weighted by Gasteiger charge is -2.18. The van der Waals surface area contributed by atoms with Gasteiger partial charge in [0.15, 0.2) is 23.0 Å². The Balaban J connectivity index is 2.16. The molecule has 1 aliphatic rings. The average molecular weight is 400 g/mol. The molecule has 1 aliphatic heterocycles. The molecule has 152 valence electrons. The zero-order valence-corrected chi connectivity index (χ0v) is 16.0. The molecule has 0 radical (unpaired) electrons. The van der Waals surface area contributed by atoms with Crippen LogP contribution in [-0.2, 0) is 9.59 Å². The summed E-state index contributed by atoms with van der Waals surface area (Å²) >= 11 is 0. The highest BCUT2D eigenvalue weighted by molar-refractivity contribution is 5.88. The highest BCUT2D eigenvalue weighted by atomic mass is 16.5. The van der Waals surface area contributed by atoms with Crippen LogP contribution in [0.1, 0.15) is 28.7 Å². The second kappa shape index (κ2) is 8.14. The maximum Gasteiger partial charge on any atom is 0.328 e. The number of rotatable bonds is 7. The summed E-state index contributed by atoms with van der Waals surface area (Å²) in [6, 6.07) is 8.24. The molecule has 2 aromatic carbocycles. The van der Waals surface area contributed by atoms with Crippen LogP contribution in [0.3, 0.4) is 0 Å². The topological polar surface area (TPSA) is 112 Å². The molecule has 0 bridgehead atoms. The van der Waals surface area contributed by atoms with Gasteiger partial charge in [-0.05, 0) is 35.4 Å². The fourth-order valence-corrected chi connectivity index (χ4v) is 3.39. The number of methoxy groups -OCH3 is 3. The zero-order chi connectivity index (χ0) is 21.1. The van der Waals surface area contributed by atoms with Crippen LogP contribution in [0.5, 0.6) is 23.0 Å². The zero-order valence-electron chi connectivity index (χ0n) is 16.0. The Bertz CT molecular complexity index is 979. The average Bonchev–Trinajstić information content (AvgIpc) is 3.12. The van der Waals surface area contributed by atoms with Gasteiger partial charge in [0, 0.05) is 11.6 Å². The number of carbonyl (C=O) groups is 2. The fraction of sp³-hybridized carbons (Fsp3) is 0.238. The van der Waals surface area contributed by atoms with Gasteiger partial charge < -0.3 is 29.2 Å². The van der Waals surface area contributed by atoms with Crippen molar-refractivity contribution in [3.8, 4) is 23.0 Å². The normalized spacial score (nSPS) is 17.5. The quantitative estimate of drug-likeness (QED) is 0.682. The van der Waals surface area contributed by atoms with Crippen molar-refractivity contribution in [1.29, 1.82) is 0 Å². The molecule has 0 fully saturated rings. The van der Waals surface area contributed by atoms with Crippen LogP contribution < -0.4 is 18.9 Å². The van der Waals surface area contributed by atoms with Gasteiger partial charge in [-0.15, -0.1) is 0 Å². The Morgan fingerprint density at radius 2 is 1.62 bits per heavy atom. The molecule has 2 atom stereocenters. The minimum absolute atomic E-state index is 0.271. The number of fused-ring (bicyclic) bond motifs is 1. The van der Waals surface area contributed by atoms with Crippen LogP contribution in [-0.4, -0.2) is 43.5 Å². The molecule has 8 nitrogen and oxygen atoms in total. The summed E-state index contributed by atoms with van der Waals surface area (Å²) in [6.45, 7) is 0. The summed E-state index contributed by atoms with van der Waals surface area (Å²) in [5.41, 5.74) is 1.36. The predicted octanol–water partition coefficient (Wildman–Crippen LogP) is 3.11. The Morgan fingerprint density at radius 3 is 2.21 bits per heavy atom. The summed E-state index contributed by atoms with van der Waals surface area (Å²) in [4.78, 5) is 23.1. The largest absolute Gasteiger partial charge is 0.493 e. The van der Waals surface area contributed by atoms with Gasteiger partial charge in [0.25, 0.3) is 0 Å². The van der Waals surface area contributed by atoms with E-state index in [0.29, 0.717) is 33.9 Å². The highest BCUT2D eigenvalue weighted by Gasteiger charge is 2.44. The minimum Gasteiger partial charge on any atom is -0.493 e. The smallest absolute Gasteiger partial charge is 0.328 e. The first-order chi connectivity index (χ1) is 13.9. The molecule has 2 unspecified atom stereocenters. The molecule has 0 amide bonds. The molecular formula is C21H20O8. The van der Waals surface area contributed by atoms with E-state index < -0.39 is 24.0 Å². The molecular weight excluding hydrogens is 380 g/mol.